The molecule has 1 fully saturated rings. The average molecular weight is 314 g/mol. The zero-order valence-electron chi connectivity index (χ0n) is 13.9. The molecule has 1 unspecified atom stereocenters. The smallest absolute Gasteiger partial charge is 0.132 e. The monoisotopic (exact) mass is 313 g/mol. The van der Waals surface area contributed by atoms with Crippen LogP contribution in [0, 0.1) is 12.8 Å². The summed E-state index contributed by atoms with van der Waals surface area (Å²) in [6.07, 6.45) is 2.23. The first kappa shape index (κ1) is 16.8. The second-order valence-electron chi connectivity index (χ2n) is 7.31. The second kappa shape index (κ2) is 6.27. The van der Waals surface area contributed by atoms with Crippen LogP contribution in [0.3, 0.4) is 0 Å². The molecule has 0 bridgehead atoms. The van der Waals surface area contributed by atoms with Gasteiger partial charge < -0.3 is 5.11 Å². The molecule has 2 heterocycles. The Hall–Kier alpha value is -0.580. The van der Waals surface area contributed by atoms with E-state index in [1.807, 2.05) is 25.5 Å². The van der Waals surface area contributed by atoms with Crippen molar-refractivity contribution in [1.29, 1.82) is 0 Å². The lowest BCUT2D eigenvalue weighted by atomic mass is 10.0. The van der Waals surface area contributed by atoms with Crippen molar-refractivity contribution in [3.63, 3.8) is 0 Å². The standard InChI is InChI=1S/C16H28ClN3O/c1-11(2)9-20-15(17)14(12(3)18-20)13-7-6-8-19(13)10-16(4,5)21/h11,13,21H,6-10H2,1-5H3. The van der Waals surface area contributed by atoms with Gasteiger partial charge in [-0.05, 0) is 46.1 Å². The fourth-order valence-electron chi connectivity index (χ4n) is 3.25. The summed E-state index contributed by atoms with van der Waals surface area (Å²) in [7, 11) is 0. The summed E-state index contributed by atoms with van der Waals surface area (Å²) in [5.41, 5.74) is 1.49. The number of aryl methyl sites for hydroxylation is 1. The molecule has 5 heteroatoms. The van der Waals surface area contributed by atoms with Gasteiger partial charge in [0.25, 0.3) is 0 Å². The van der Waals surface area contributed by atoms with Gasteiger partial charge in [-0.3, -0.25) is 9.58 Å². The molecule has 0 aromatic carbocycles. The Bertz CT molecular complexity index is 490. The molecule has 120 valence electrons. The van der Waals surface area contributed by atoms with Gasteiger partial charge in [-0.25, -0.2) is 0 Å². The summed E-state index contributed by atoms with van der Waals surface area (Å²) in [5, 5.41) is 15.5. The van der Waals surface area contributed by atoms with Gasteiger partial charge in [0.2, 0.25) is 0 Å². The van der Waals surface area contributed by atoms with Crippen molar-refractivity contribution in [2.75, 3.05) is 13.1 Å². The van der Waals surface area contributed by atoms with Gasteiger partial charge in [-0.2, -0.15) is 5.10 Å². The zero-order valence-corrected chi connectivity index (χ0v) is 14.6. The molecule has 1 atom stereocenters. The fourth-order valence-corrected chi connectivity index (χ4v) is 3.62. The molecule has 1 N–H and O–H groups in total. The summed E-state index contributed by atoms with van der Waals surface area (Å²) >= 11 is 6.60. The van der Waals surface area contributed by atoms with Crippen LogP contribution in [0.15, 0.2) is 0 Å². The van der Waals surface area contributed by atoms with Crippen molar-refractivity contribution in [3.05, 3.63) is 16.4 Å². The molecule has 1 aliphatic heterocycles. The zero-order chi connectivity index (χ0) is 15.8. The van der Waals surface area contributed by atoms with E-state index in [2.05, 4.69) is 23.8 Å². The highest BCUT2D eigenvalue weighted by atomic mass is 35.5. The SMILES string of the molecule is Cc1nn(CC(C)C)c(Cl)c1C1CCCN1CC(C)(C)O. The summed E-state index contributed by atoms with van der Waals surface area (Å²) in [5.74, 6) is 0.519. The molecular formula is C16H28ClN3O. The topological polar surface area (TPSA) is 41.3 Å². The molecule has 4 nitrogen and oxygen atoms in total. The highest BCUT2D eigenvalue weighted by Crippen LogP contribution is 2.38. The highest BCUT2D eigenvalue weighted by molar-refractivity contribution is 6.30. The van der Waals surface area contributed by atoms with E-state index in [1.165, 1.54) is 0 Å². The summed E-state index contributed by atoms with van der Waals surface area (Å²) in [6, 6.07) is 0.282. The molecule has 0 aliphatic carbocycles. The number of halogens is 1. The van der Waals surface area contributed by atoms with E-state index in [9.17, 15) is 5.11 Å². The number of hydrogen-bond acceptors (Lipinski definition) is 3. The lowest BCUT2D eigenvalue weighted by Gasteiger charge is -2.30. The van der Waals surface area contributed by atoms with Gasteiger partial charge in [0.1, 0.15) is 5.15 Å². The Balaban J connectivity index is 2.26. The Labute approximate surface area is 133 Å². The Morgan fingerprint density at radius 1 is 1.43 bits per heavy atom. The number of likely N-dealkylation sites (tertiary alicyclic amines) is 1. The summed E-state index contributed by atoms with van der Waals surface area (Å²) in [6.45, 7) is 12.6. The van der Waals surface area contributed by atoms with Gasteiger partial charge in [0, 0.05) is 24.7 Å². The van der Waals surface area contributed by atoms with E-state index in [0.29, 0.717) is 12.5 Å². The molecule has 0 amide bonds. The number of nitrogens with zero attached hydrogens (tertiary/aromatic N) is 3. The number of aliphatic hydroxyl groups is 1. The molecule has 0 radical (unpaired) electrons. The Morgan fingerprint density at radius 2 is 2.10 bits per heavy atom. The predicted octanol–water partition coefficient (Wildman–Crippen LogP) is 3.41. The maximum atomic E-state index is 10.1. The van der Waals surface area contributed by atoms with Crippen molar-refractivity contribution >= 4 is 11.6 Å². The predicted molar refractivity (Wildman–Crippen MR) is 86.7 cm³/mol. The molecule has 21 heavy (non-hydrogen) atoms. The van der Waals surface area contributed by atoms with Crippen molar-refractivity contribution in [2.24, 2.45) is 5.92 Å². The third-order valence-electron chi connectivity index (χ3n) is 3.93. The first-order valence-corrected chi connectivity index (χ1v) is 8.26. The van der Waals surface area contributed by atoms with E-state index < -0.39 is 5.60 Å². The molecule has 1 saturated heterocycles. The van der Waals surface area contributed by atoms with Crippen molar-refractivity contribution in [1.82, 2.24) is 14.7 Å². The quantitative estimate of drug-likeness (QED) is 0.905. The van der Waals surface area contributed by atoms with E-state index >= 15 is 0 Å². The van der Waals surface area contributed by atoms with Gasteiger partial charge in [-0.1, -0.05) is 25.4 Å². The molecule has 1 aromatic rings. The van der Waals surface area contributed by atoms with E-state index in [-0.39, 0.29) is 6.04 Å². The number of rotatable bonds is 5. The number of hydrogen-bond donors (Lipinski definition) is 1. The lowest BCUT2D eigenvalue weighted by Crippen LogP contribution is -2.38. The van der Waals surface area contributed by atoms with E-state index in [0.717, 1.165) is 42.3 Å². The molecule has 2 rings (SSSR count). The molecule has 1 aromatic heterocycles. The lowest BCUT2D eigenvalue weighted by molar-refractivity contribution is 0.0316. The van der Waals surface area contributed by atoms with Crippen LogP contribution in [0.2, 0.25) is 5.15 Å². The normalized spacial score (nSPS) is 20.7. The third-order valence-corrected chi connectivity index (χ3v) is 4.33. The van der Waals surface area contributed by atoms with Crippen molar-refractivity contribution in [2.45, 2.75) is 65.6 Å². The minimum absolute atomic E-state index is 0.282. The van der Waals surface area contributed by atoms with Crippen LogP contribution in [-0.2, 0) is 6.54 Å². The Morgan fingerprint density at radius 3 is 2.67 bits per heavy atom. The van der Waals surface area contributed by atoms with Gasteiger partial charge in [-0.15, -0.1) is 0 Å². The van der Waals surface area contributed by atoms with E-state index in [4.69, 9.17) is 11.6 Å². The van der Waals surface area contributed by atoms with E-state index in [1.54, 1.807) is 0 Å². The number of β-amino-alcohol motifs (C(OH)–C–C–N with tert-alkyl or cyclic N) is 1. The average Bonchev–Trinajstić information content (AvgIpc) is 2.82. The Kier molecular flexibility index (Phi) is 5.01. The van der Waals surface area contributed by atoms with Crippen LogP contribution < -0.4 is 0 Å². The molecule has 1 aliphatic rings. The van der Waals surface area contributed by atoms with Crippen LogP contribution in [-0.4, -0.2) is 38.5 Å². The first-order chi connectivity index (χ1) is 9.69. The maximum absolute atomic E-state index is 10.1. The van der Waals surface area contributed by atoms with Crippen LogP contribution in [0.1, 0.15) is 57.8 Å². The summed E-state index contributed by atoms with van der Waals surface area (Å²) < 4.78 is 1.93. The minimum Gasteiger partial charge on any atom is -0.389 e. The fraction of sp³-hybridized carbons (Fsp3) is 0.812. The van der Waals surface area contributed by atoms with Gasteiger partial charge >= 0.3 is 0 Å². The van der Waals surface area contributed by atoms with Gasteiger partial charge in [0.05, 0.1) is 11.3 Å². The van der Waals surface area contributed by atoms with Crippen LogP contribution in [0.25, 0.3) is 0 Å². The number of aromatic nitrogens is 2. The highest BCUT2D eigenvalue weighted by Gasteiger charge is 2.33. The first-order valence-electron chi connectivity index (χ1n) is 7.88. The third kappa shape index (κ3) is 3.99. The largest absolute Gasteiger partial charge is 0.389 e. The van der Waals surface area contributed by atoms with Gasteiger partial charge in [0.15, 0.2) is 0 Å². The van der Waals surface area contributed by atoms with Crippen molar-refractivity contribution < 1.29 is 5.11 Å². The van der Waals surface area contributed by atoms with Crippen molar-refractivity contribution in [3.8, 4) is 0 Å². The minimum atomic E-state index is -0.684. The second-order valence-corrected chi connectivity index (χ2v) is 7.66. The summed E-state index contributed by atoms with van der Waals surface area (Å²) in [4.78, 5) is 2.34. The molecular weight excluding hydrogens is 286 g/mol. The van der Waals surface area contributed by atoms with Crippen LogP contribution in [0.5, 0.6) is 0 Å². The maximum Gasteiger partial charge on any atom is 0.132 e. The molecule has 0 spiro atoms. The van der Waals surface area contributed by atoms with Crippen LogP contribution >= 0.6 is 11.6 Å². The van der Waals surface area contributed by atoms with Crippen LogP contribution in [0.4, 0.5) is 0 Å². The molecule has 0 saturated carbocycles.